The monoisotopic (exact) mass is 258 g/mol. The van der Waals surface area contributed by atoms with Gasteiger partial charge in [0.05, 0.1) is 0 Å². The quantitative estimate of drug-likeness (QED) is 0.734. The number of nitrogens with zero attached hydrogens (tertiary/aromatic N) is 2. The largest absolute Gasteiger partial charge is 0.343 e. The number of rotatable bonds is 6. The highest BCUT2D eigenvalue weighted by Crippen LogP contribution is 1.90. The zero-order chi connectivity index (χ0) is 14.6. The van der Waals surface area contributed by atoms with Crippen LogP contribution >= 0.6 is 0 Å². The molecule has 0 rings (SSSR count). The summed E-state index contributed by atoms with van der Waals surface area (Å²) in [7, 11) is 0. The minimum absolute atomic E-state index is 0.180. The van der Waals surface area contributed by atoms with Crippen LogP contribution in [0.4, 0.5) is 0 Å². The van der Waals surface area contributed by atoms with E-state index in [1.54, 1.807) is 13.8 Å². The van der Waals surface area contributed by atoms with Gasteiger partial charge in [0.15, 0.2) is 0 Å². The molecule has 18 heavy (non-hydrogen) atoms. The maximum Gasteiger partial charge on any atom is 0.219 e. The Labute approximate surface area is 112 Å². The second-order valence-electron chi connectivity index (χ2n) is 4.20. The number of amides is 2. The van der Waals surface area contributed by atoms with Crippen LogP contribution in [0.5, 0.6) is 0 Å². The van der Waals surface area contributed by atoms with E-state index in [4.69, 9.17) is 0 Å². The SMILES string of the molecule is CCCN(CC)C(C)=O.CCCN(CC)C(C)=O. The van der Waals surface area contributed by atoms with Gasteiger partial charge in [0.25, 0.3) is 0 Å². The van der Waals surface area contributed by atoms with Crippen molar-refractivity contribution in [3.05, 3.63) is 0 Å². The summed E-state index contributed by atoms with van der Waals surface area (Å²) in [6.07, 6.45) is 2.10. The van der Waals surface area contributed by atoms with E-state index in [9.17, 15) is 9.59 Å². The average Bonchev–Trinajstić information content (AvgIpc) is 2.32. The molecule has 0 atom stereocenters. The molecule has 2 amide bonds. The predicted molar refractivity (Wildman–Crippen MR) is 76.4 cm³/mol. The minimum atomic E-state index is 0.180. The number of hydrogen-bond acceptors (Lipinski definition) is 2. The van der Waals surface area contributed by atoms with Crippen molar-refractivity contribution in [1.29, 1.82) is 0 Å². The van der Waals surface area contributed by atoms with Crippen molar-refractivity contribution in [1.82, 2.24) is 9.80 Å². The van der Waals surface area contributed by atoms with Gasteiger partial charge in [-0.3, -0.25) is 9.59 Å². The first kappa shape index (κ1) is 19.3. The first-order valence-corrected chi connectivity index (χ1v) is 6.95. The van der Waals surface area contributed by atoms with Crippen molar-refractivity contribution in [2.24, 2.45) is 0 Å². The van der Waals surface area contributed by atoms with Crippen LogP contribution in [0.2, 0.25) is 0 Å². The molecule has 108 valence electrons. The number of carbonyl (C=O) groups is 2. The summed E-state index contributed by atoms with van der Waals surface area (Å²) >= 11 is 0. The van der Waals surface area contributed by atoms with Crippen LogP contribution in [0.1, 0.15) is 54.4 Å². The van der Waals surface area contributed by atoms with Crippen LogP contribution < -0.4 is 0 Å². The molecule has 0 aromatic heterocycles. The lowest BCUT2D eigenvalue weighted by Gasteiger charge is -2.16. The highest BCUT2D eigenvalue weighted by atomic mass is 16.2. The summed E-state index contributed by atoms with van der Waals surface area (Å²) < 4.78 is 0. The van der Waals surface area contributed by atoms with Crippen LogP contribution in [-0.4, -0.2) is 47.8 Å². The molecule has 0 heterocycles. The van der Waals surface area contributed by atoms with E-state index in [2.05, 4.69) is 13.8 Å². The first-order chi connectivity index (χ1) is 8.44. The van der Waals surface area contributed by atoms with Gasteiger partial charge in [-0.15, -0.1) is 0 Å². The van der Waals surface area contributed by atoms with Gasteiger partial charge in [0.1, 0.15) is 0 Å². The van der Waals surface area contributed by atoms with Gasteiger partial charge in [-0.05, 0) is 26.7 Å². The van der Waals surface area contributed by atoms with Crippen LogP contribution in [0.15, 0.2) is 0 Å². The molecule has 0 aromatic rings. The second kappa shape index (κ2) is 12.4. The second-order valence-corrected chi connectivity index (χ2v) is 4.20. The minimum Gasteiger partial charge on any atom is -0.343 e. The van der Waals surface area contributed by atoms with Gasteiger partial charge in [-0.1, -0.05) is 13.8 Å². The molecule has 4 heteroatoms. The molecular formula is C14H30N2O2. The lowest BCUT2D eigenvalue weighted by Crippen LogP contribution is -2.28. The van der Waals surface area contributed by atoms with Crippen molar-refractivity contribution in [3.63, 3.8) is 0 Å². The third kappa shape index (κ3) is 10.1. The maximum atomic E-state index is 10.7. The van der Waals surface area contributed by atoms with Crippen molar-refractivity contribution in [2.75, 3.05) is 26.2 Å². The maximum absolute atomic E-state index is 10.7. The molecule has 0 aliphatic carbocycles. The molecule has 0 aliphatic rings. The molecule has 4 nitrogen and oxygen atoms in total. The van der Waals surface area contributed by atoms with Crippen LogP contribution in [-0.2, 0) is 9.59 Å². The Morgan fingerprint density at radius 1 is 0.722 bits per heavy atom. The van der Waals surface area contributed by atoms with Crippen molar-refractivity contribution >= 4 is 11.8 Å². The summed E-state index contributed by atoms with van der Waals surface area (Å²) in [5, 5.41) is 0. The molecule has 0 fully saturated rings. The smallest absolute Gasteiger partial charge is 0.219 e. The highest BCUT2D eigenvalue weighted by Gasteiger charge is 2.02. The molecule has 0 aliphatic heterocycles. The average molecular weight is 258 g/mol. The summed E-state index contributed by atoms with van der Waals surface area (Å²) in [4.78, 5) is 25.0. The fourth-order valence-corrected chi connectivity index (χ4v) is 1.62. The number of hydrogen-bond donors (Lipinski definition) is 0. The van der Waals surface area contributed by atoms with E-state index in [1.165, 1.54) is 0 Å². The Kier molecular flexibility index (Phi) is 13.3. The Bertz CT molecular complexity index is 206. The summed E-state index contributed by atoms with van der Waals surface area (Å²) in [6, 6.07) is 0. The van der Waals surface area contributed by atoms with Gasteiger partial charge in [0, 0.05) is 40.0 Å². The van der Waals surface area contributed by atoms with Crippen LogP contribution in [0, 0.1) is 0 Å². The summed E-state index contributed by atoms with van der Waals surface area (Å²) in [5.41, 5.74) is 0. The Morgan fingerprint density at radius 2 is 1.00 bits per heavy atom. The van der Waals surface area contributed by atoms with E-state index in [0.717, 1.165) is 39.0 Å². The van der Waals surface area contributed by atoms with Crippen LogP contribution in [0.3, 0.4) is 0 Å². The number of carbonyl (C=O) groups excluding carboxylic acids is 2. The summed E-state index contributed by atoms with van der Waals surface area (Å²) in [5.74, 6) is 0.360. The molecule has 0 aromatic carbocycles. The standard InChI is InChI=1S/2C7H15NO/c2*1-4-6-8(5-2)7(3)9/h2*4-6H2,1-3H3. The fourth-order valence-electron chi connectivity index (χ4n) is 1.62. The van der Waals surface area contributed by atoms with E-state index in [-0.39, 0.29) is 11.8 Å². The van der Waals surface area contributed by atoms with E-state index >= 15 is 0 Å². The van der Waals surface area contributed by atoms with Gasteiger partial charge in [-0.25, -0.2) is 0 Å². The molecule has 0 radical (unpaired) electrons. The van der Waals surface area contributed by atoms with E-state index in [1.807, 2.05) is 23.6 Å². The predicted octanol–water partition coefficient (Wildman–Crippen LogP) is 2.53. The van der Waals surface area contributed by atoms with Crippen molar-refractivity contribution in [2.45, 2.75) is 54.4 Å². The first-order valence-electron chi connectivity index (χ1n) is 6.95. The normalized spacial score (nSPS) is 9.22. The topological polar surface area (TPSA) is 40.6 Å². The van der Waals surface area contributed by atoms with Gasteiger partial charge in [-0.2, -0.15) is 0 Å². The highest BCUT2D eigenvalue weighted by molar-refractivity contribution is 5.73. The molecule has 0 N–H and O–H groups in total. The molecule has 0 unspecified atom stereocenters. The molecular weight excluding hydrogens is 228 g/mol. The third-order valence-corrected chi connectivity index (χ3v) is 2.64. The molecule has 0 saturated carbocycles. The van der Waals surface area contributed by atoms with Crippen molar-refractivity contribution in [3.8, 4) is 0 Å². The fraction of sp³-hybridized carbons (Fsp3) is 0.857. The Balaban J connectivity index is 0. The van der Waals surface area contributed by atoms with Gasteiger partial charge in [0.2, 0.25) is 11.8 Å². The van der Waals surface area contributed by atoms with Crippen LogP contribution in [0.25, 0.3) is 0 Å². The van der Waals surface area contributed by atoms with Gasteiger partial charge >= 0.3 is 0 Å². The summed E-state index contributed by atoms with van der Waals surface area (Å²) in [6.45, 7) is 14.8. The lowest BCUT2D eigenvalue weighted by molar-refractivity contribution is -0.129. The zero-order valence-electron chi connectivity index (χ0n) is 13.0. The Hall–Kier alpha value is -1.06. The van der Waals surface area contributed by atoms with E-state index in [0.29, 0.717) is 0 Å². The molecule has 0 spiro atoms. The molecule has 0 saturated heterocycles. The van der Waals surface area contributed by atoms with Gasteiger partial charge < -0.3 is 9.80 Å². The zero-order valence-corrected chi connectivity index (χ0v) is 13.0. The van der Waals surface area contributed by atoms with Crippen molar-refractivity contribution < 1.29 is 9.59 Å². The lowest BCUT2D eigenvalue weighted by atomic mass is 10.4. The Morgan fingerprint density at radius 3 is 1.06 bits per heavy atom. The third-order valence-electron chi connectivity index (χ3n) is 2.64. The van der Waals surface area contributed by atoms with E-state index < -0.39 is 0 Å². The molecule has 0 bridgehead atoms.